The van der Waals surface area contributed by atoms with Crippen molar-refractivity contribution in [2.24, 2.45) is 5.92 Å². The Morgan fingerprint density at radius 3 is 2.75 bits per heavy atom. The molecule has 0 atom stereocenters. The van der Waals surface area contributed by atoms with Crippen LogP contribution in [0.1, 0.15) is 37.3 Å². The molecule has 0 bridgehead atoms. The maximum absolute atomic E-state index is 9.38. The molecule has 2 rings (SSSR count). The number of para-hydroxylation sites is 1. The van der Waals surface area contributed by atoms with Gasteiger partial charge in [0.25, 0.3) is 0 Å². The third kappa shape index (κ3) is 3.52. The van der Waals surface area contributed by atoms with E-state index in [0.29, 0.717) is 0 Å². The number of aryl methyl sites for hydroxylation is 1. The number of rotatable bonds is 5. The summed E-state index contributed by atoms with van der Waals surface area (Å²) in [6, 6.07) is 8.39. The number of nitrogens with one attached hydrogen (secondary N) is 1. The summed E-state index contributed by atoms with van der Waals surface area (Å²) < 4.78 is 0. The van der Waals surface area contributed by atoms with Crippen molar-refractivity contribution < 1.29 is 0 Å². The quantitative estimate of drug-likeness (QED) is 0.894. The molecular weight excluding hydrogens is 246 g/mol. The molecule has 1 aliphatic rings. The minimum Gasteiger partial charge on any atom is -0.370 e. The minimum absolute atomic E-state index is 0.744. The first-order chi connectivity index (χ1) is 9.76. The lowest BCUT2D eigenvalue weighted by molar-refractivity contribution is 0.373. The molecule has 3 heteroatoms. The largest absolute Gasteiger partial charge is 0.370 e. The summed E-state index contributed by atoms with van der Waals surface area (Å²) in [6.07, 6.45) is 3.60. The Morgan fingerprint density at radius 1 is 1.35 bits per heavy atom. The van der Waals surface area contributed by atoms with Crippen LogP contribution in [0.4, 0.5) is 5.69 Å². The molecule has 1 heterocycles. The molecule has 0 radical (unpaired) electrons. The minimum atomic E-state index is 0.744. The van der Waals surface area contributed by atoms with Gasteiger partial charge in [-0.25, -0.2) is 0 Å². The van der Waals surface area contributed by atoms with Gasteiger partial charge in [0.1, 0.15) is 6.07 Å². The molecule has 1 fully saturated rings. The Bertz CT molecular complexity index is 470. The number of nitriles is 1. The zero-order valence-electron chi connectivity index (χ0n) is 12.7. The average molecular weight is 271 g/mol. The number of piperidine rings is 1. The van der Waals surface area contributed by atoms with Crippen LogP contribution >= 0.6 is 0 Å². The maximum atomic E-state index is 9.38. The molecule has 1 aromatic carbocycles. The van der Waals surface area contributed by atoms with Gasteiger partial charge in [-0.1, -0.05) is 19.1 Å². The van der Waals surface area contributed by atoms with E-state index >= 15 is 0 Å². The fourth-order valence-electron chi connectivity index (χ4n) is 3.11. The number of benzene rings is 1. The molecular formula is C17H25N3. The highest BCUT2D eigenvalue weighted by molar-refractivity contribution is 5.64. The topological polar surface area (TPSA) is 39.1 Å². The zero-order valence-corrected chi connectivity index (χ0v) is 12.7. The van der Waals surface area contributed by atoms with E-state index in [1.807, 2.05) is 12.1 Å². The van der Waals surface area contributed by atoms with E-state index in [1.54, 1.807) is 0 Å². The summed E-state index contributed by atoms with van der Waals surface area (Å²) in [5.74, 6) is 0.744. The van der Waals surface area contributed by atoms with Crippen LogP contribution in [0.5, 0.6) is 0 Å². The van der Waals surface area contributed by atoms with Crippen molar-refractivity contribution in [2.75, 3.05) is 31.1 Å². The zero-order chi connectivity index (χ0) is 14.4. The van der Waals surface area contributed by atoms with Crippen molar-refractivity contribution in [2.45, 2.75) is 33.1 Å². The van der Waals surface area contributed by atoms with E-state index in [-0.39, 0.29) is 0 Å². The molecule has 0 aliphatic carbocycles. The van der Waals surface area contributed by atoms with Crippen molar-refractivity contribution in [1.82, 2.24) is 5.32 Å². The fraction of sp³-hybridized carbons (Fsp3) is 0.588. The number of hydrogen-bond acceptors (Lipinski definition) is 3. The van der Waals surface area contributed by atoms with Gasteiger partial charge in [0.05, 0.1) is 11.3 Å². The van der Waals surface area contributed by atoms with E-state index in [9.17, 15) is 5.26 Å². The second-order valence-corrected chi connectivity index (χ2v) is 5.72. The van der Waals surface area contributed by atoms with Gasteiger partial charge in [0.15, 0.2) is 0 Å². The third-order valence-corrected chi connectivity index (χ3v) is 4.11. The van der Waals surface area contributed by atoms with Crippen LogP contribution in [-0.4, -0.2) is 26.2 Å². The highest BCUT2D eigenvalue weighted by atomic mass is 15.1. The lowest BCUT2D eigenvalue weighted by Gasteiger charge is -2.33. The van der Waals surface area contributed by atoms with Crippen LogP contribution in [0, 0.1) is 24.2 Å². The van der Waals surface area contributed by atoms with E-state index in [2.05, 4.69) is 36.2 Å². The molecule has 1 N–H and O–H groups in total. The third-order valence-electron chi connectivity index (χ3n) is 4.11. The van der Waals surface area contributed by atoms with Gasteiger partial charge in [-0.15, -0.1) is 0 Å². The molecule has 1 aromatic rings. The molecule has 0 aromatic heterocycles. The smallest absolute Gasteiger partial charge is 0.101 e. The van der Waals surface area contributed by atoms with E-state index in [4.69, 9.17) is 0 Å². The first-order valence-electron chi connectivity index (χ1n) is 7.71. The van der Waals surface area contributed by atoms with E-state index in [0.717, 1.165) is 49.8 Å². The highest BCUT2D eigenvalue weighted by Gasteiger charge is 2.19. The summed E-state index contributed by atoms with van der Waals surface area (Å²) >= 11 is 0. The highest BCUT2D eigenvalue weighted by Crippen LogP contribution is 2.27. The predicted molar refractivity (Wildman–Crippen MR) is 84.0 cm³/mol. The van der Waals surface area contributed by atoms with Crippen LogP contribution < -0.4 is 10.2 Å². The lowest BCUT2D eigenvalue weighted by atomic mass is 9.96. The Labute approximate surface area is 122 Å². The van der Waals surface area contributed by atoms with Crippen molar-refractivity contribution in [3.05, 3.63) is 29.3 Å². The number of anilines is 1. The Hall–Kier alpha value is -1.53. The van der Waals surface area contributed by atoms with Crippen LogP contribution in [0.3, 0.4) is 0 Å². The Morgan fingerprint density at radius 2 is 2.10 bits per heavy atom. The average Bonchev–Trinajstić information content (AvgIpc) is 2.47. The summed E-state index contributed by atoms with van der Waals surface area (Å²) in [5.41, 5.74) is 3.18. The van der Waals surface area contributed by atoms with Gasteiger partial charge in [-0.05, 0) is 56.8 Å². The summed E-state index contributed by atoms with van der Waals surface area (Å²) in [7, 11) is 0. The lowest BCUT2D eigenvalue weighted by Crippen LogP contribution is -2.37. The van der Waals surface area contributed by atoms with Gasteiger partial charge in [-0.2, -0.15) is 5.26 Å². The van der Waals surface area contributed by atoms with Crippen molar-refractivity contribution >= 4 is 5.69 Å². The van der Waals surface area contributed by atoms with Gasteiger partial charge in [-0.3, -0.25) is 0 Å². The van der Waals surface area contributed by atoms with Crippen molar-refractivity contribution in [1.29, 1.82) is 5.26 Å². The molecule has 0 unspecified atom stereocenters. The first kappa shape index (κ1) is 14.9. The van der Waals surface area contributed by atoms with Crippen LogP contribution in [-0.2, 0) is 0 Å². The summed E-state index contributed by atoms with van der Waals surface area (Å²) in [5, 5.41) is 12.8. The van der Waals surface area contributed by atoms with Gasteiger partial charge >= 0.3 is 0 Å². The molecule has 3 nitrogen and oxygen atoms in total. The van der Waals surface area contributed by atoms with E-state index < -0.39 is 0 Å². The summed E-state index contributed by atoms with van der Waals surface area (Å²) in [4.78, 5) is 2.43. The molecule has 0 spiro atoms. The Balaban J connectivity index is 2.21. The Kier molecular flexibility index (Phi) is 5.43. The van der Waals surface area contributed by atoms with Crippen molar-refractivity contribution in [3.63, 3.8) is 0 Å². The molecule has 1 saturated heterocycles. The second kappa shape index (κ2) is 7.31. The van der Waals surface area contributed by atoms with Crippen molar-refractivity contribution in [3.8, 4) is 6.07 Å². The molecule has 20 heavy (non-hydrogen) atoms. The summed E-state index contributed by atoms with van der Waals surface area (Å²) in [6.45, 7) is 8.69. The first-order valence-corrected chi connectivity index (χ1v) is 7.71. The van der Waals surface area contributed by atoms with Crippen LogP contribution in [0.25, 0.3) is 0 Å². The predicted octanol–water partition coefficient (Wildman–Crippen LogP) is 3.08. The normalized spacial score (nSPS) is 15.8. The number of nitrogens with zero attached hydrogens (tertiary/aromatic N) is 2. The van der Waals surface area contributed by atoms with Gasteiger partial charge in [0.2, 0.25) is 0 Å². The van der Waals surface area contributed by atoms with Crippen LogP contribution in [0.2, 0.25) is 0 Å². The van der Waals surface area contributed by atoms with Gasteiger partial charge < -0.3 is 10.2 Å². The SMILES string of the molecule is CCCN(CC1CCNCC1)c1c(C)cccc1C#N. The molecule has 0 amide bonds. The maximum Gasteiger partial charge on any atom is 0.101 e. The van der Waals surface area contributed by atoms with Gasteiger partial charge in [0, 0.05) is 13.1 Å². The fourth-order valence-corrected chi connectivity index (χ4v) is 3.11. The van der Waals surface area contributed by atoms with Crippen LogP contribution in [0.15, 0.2) is 18.2 Å². The number of hydrogen-bond donors (Lipinski definition) is 1. The second-order valence-electron chi connectivity index (χ2n) is 5.72. The monoisotopic (exact) mass is 271 g/mol. The molecule has 108 valence electrons. The van der Waals surface area contributed by atoms with E-state index in [1.165, 1.54) is 18.4 Å². The standard InChI is InChI=1S/C17H25N3/c1-3-11-20(13-15-7-9-19-10-8-15)17-14(2)5-4-6-16(17)12-18/h4-6,15,19H,3,7-11,13H2,1-2H3. The molecule has 1 aliphatic heterocycles. The molecule has 0 saturated carbocycles.